The molecule has 5 nitrogen and oxygen atoms in total. The van der Waals surface area contributed by atoms with E-state index in [0.717, 1.165) is 21.5 Å². The number of hydrogen-bond donors (Lipinski definition) is 1. The van der Waals surface area contributed by atoms with Gasteiger partial charge in [0, 0.05) is 22.7 Å². The summed E-state index contributed by atoms with van der Waals surface area (Å²) in [5.41, 5.74) is 1.96. The molecular formula is C22H14N4OS. The third-order valence-electron chi connectivity index (χ3n) is 4.10. The third-order valence-corrected chi connectivity index (χ3v) is 4.98. The Labute approximate surface area is 165 Å². The van der Waals surface area contributed by atoms with Crippen LogP contribution in [0, 0.1) is 11.3 Å². The van der Waals surface area contributed by atoms with Gasteiger partial charge in [-0.1, -0.05) is 42.5 Å². The molecule has 28 heavy (non-hydrogen) atoms. The number of rotatable bonds is 4. The molecule has 0 aliphatic heterocycles. The lowest BCUT2D eigenvalue weighted by atomic mass is 10.1. The minimum Gasteiger partial charge on any atom is -0.321 e. The van der Waals surface area contributed by atoms with Crippen molar-refractivity contribution in [1.29, 1.82) is 5.26 Å². The van der Waals surface area contributed by atoms with Crippen LogP contribution < -0.4 is 5.32 Å². The maximum Gasteiger partial charge on any atom is 0.266 e. The molecule has 1 N–H and O–H groups in total. The van der Waals surface area contributed by atoms with E-state index in [4.69, 9.17) is 0 Å². The van der Waals surface area contributed by atoms with Gasteiger partial charge in [0.1, 0.15) is 16.6 Å². The molecule has 6 heteroatoms. The van der Waals surface area contributed by atoms with E-state index < -0.39 is 5.91 Å². The Morgan fingerprint density at radius 3 is 2.71 bits per heavy atom. The zero-order valence-electron chi connectivity index (χ0n) is 14.7. The van der Waals surface area contributed by atoms with E-state index >= 15 is 0 Å². The van der Waals surface area contributed by atoms with Crippen LogP contribution in [-0.4, -0.2) is 15.9 Å². The molecule has 0 radical (unpaired) electrons. The van der Waals surface area contributed by atoms with Gasteiger partial charge in [-0.05, 0) is 29.7 Å². The molecule has 2 aromatic heterocycles. The van der Waals surface area contributed by atoms with E-state index in [1.165, 1.54) is 17.4 Å². The van der Waals surface area contributed by atoms with Crippen molar-refractivity contribution in [2.45, 2.75) is 0 Å². The summed E-state index contributed by atoms with van der Waals surface area (Å²) in [6.45, 7) is 0. The van der Waals surface area contributed by atoms with Crippen molar-refractivity contribution in [3.63, 3.8) is 0 Å². The van der Waals surface area contributed by atoms with E-state index in [9.17, 15) is 10.1 Å². The smallest absolute Gasteiger partial charge is 0.266 e. The van der Waals surface area contributed by atoms with Crippen molar-refractivity contribution in [3.05, 3.63) is 83.5 Å². The highest BCUT2D eigenvalue weighted by Crippen LogP contribution is 2.25. The highest BCUT2D eigenvalue weighted by molar-refractivity contribution is 7.13. The van der Waals surface area contributed by atoms with Crippen LogP contribution in [0.25, 0.3) is 27.6 Å². The van der Waals surface area contributed by atoms with Gasteiger partial charge in [-0.2, -0.15) is 5.26 Å². The quantitative estimate of drug-likeness (QED) is 0.402. The molecule has 2 aromatic carbocycles. The van der Waals surface area contributed by atoms with Crippen molar-refractivity contribution in [1.82, 2.24) is 9.97 Å². The van der Waals surface area contributed by atoms with Crippen LogP contribution in [0.1, 0.15) is 5.69 Å². The zero-order chi connectivity index (χ0) is 19.3. The summed E-state index contributed by atoms with van der Waals surface area (Å²) in [5.74, 6) is -0.466. The molecule has 0 bridgehead atoms. The number of pyridine rings is 1. The number of fused-ring (bicyclic) bond motifs is 1. The number of amides is 1. The van der Waals surface area contributed by atoms with Gasteiger partial charge in [0.2, 0.25) is 0 Å². The number of benzene rings is 2. The molecule has 0 saturated heterocycles. The summed E-state index contributed by atoms with van der Waals surface area (Å²) in [6, 6.07) is 21.0. The average molecular weight is 382 g/mol. The summed E-state index contributed by atoms with van der Waals surface area (Å²) in [6.07, 6.45) is 3.19. The molecule has 0 unspecified atom stereocenters. The van der Waals surface area contributed by atoms with Crippen molar-refractivity contribution in [2.75, 3.05) is 5.32 Å². The number of nitrogens with one attached hydrogen (secondary N) is 1. The molecule has 134 valence electrons. The minimum absolute atomic E-state index is 0.00851. The molecule has 4 aromatic rings. The highest BCUT2D eigenvalue weighted by Gasteiger charge is 2.13. The molecule has 0 aliphatic carbocycles. The van der Waals surface area contributed by atoms with Crippen LogP contribution in [0.15, 0.2) is 77.8 Å². The van der Waals surface area contributed by atoms with Crippen LogP contribution in [0.3, 0.4) is 0 Å². The lowest BCUT2D eigenvalue weighted by Crippen LogP contribution is -2.13. The maximum absolute atomic E-state index is 12.6. The molecule has 4 rings (SSSR count). The summed E-state index contributed by atoms with van der Waals surface area (Å²) >= 11 is 1.41. The number of carbonyl (C=O) groups excluding carboxylic acids is 1. The van der Waals surface area contributed by atoms with Crippen LogP contribution in [-0.2, 0) is 4.79 Å². The second kappa shape index (κ2) is 7.82. The Bertz CT molecular complexity index is 1220. The first kappa shape index (κ1) is 17.6. The predicted molar refractivity (Wildman–Crippen MR) is 112 cm³/mol. The van der Waals surface area contributed by atoms with E-state index in [2.05, 4.69) is 15.3 Å². The molecule has 0 atom stereocenters. The predicted octanol–water partition coefficient (Wildman–Crippen LogP) is 4.90. The normalized spacial score (nSPS) is 11.2. The Kier molecular flexibility index (Phi) is 4.91. The fourth-order valence-electron chi connectivity index (χ4n) is 2.78. The number of anilines is 1. The Hall–Kier alpha value is -3.82. The SMILES string of the molecule is N#C/C(=C\c1csc(-c2ccccn2)n1)C(=O)Nc1cccc2ccccc12. The second-order valence-corrected chi connectivity index (χ2v) is 6.80. The van der Waals surface area contributed by atoms with Gasteiger partial charge in [-0.3, -0.25) is 9.78 Å². The van der Waals surface area contributed by atoms with E-state index in [1.54, 1.807) is 11.6 Å². The Morgan fingerprint density at radius 1 is 1.07 bits per heavy atom. The fraction of sp³-hybridized carbons (Fsp3) is 0. The first-order valence-electron chi connectivity index (χ1n) is 8.52. The number of hydrogen-bond acceptors (Lipinski definition) is 5. The summed E-state index contributed by atoms with van der Waals surface area (Å²) in [4.78, 5) is 21.4. The number of aromatic nitrogens is 2. The van der Waals surface area contributed by atoms with Gasteiger partial charge in [0.05, 0.1) is 11.4 Å². The van der Waals surface area contributed by atoms with E-state index in [1.807, 2.05) is 66.7 Å². The molecule has 0 fully saturated rings. The zero-order valence-corrected chi connectivity index (χ0v) is 15.5. The van der Waals surface area contributed by atoms with Gasteiger partial charge in [-0.25, -0.2) is 4.98 Å². The van der Waals surface area contributed by atoms with Gasteiger partial charge in [0.15, 0.2) is 0 Å². The van der Waals surface area contributed by atoms with Gasteiger partial charge in [0.25, 0.3) is 5.91 Å². The molecule has 1 amide bonds. The third kappa shape index (κ3) is 3.65. The van der Waals surface area contributed by atoms with Crippen molar-refractivity contribution < 1.29 is 4.79 Å². The number of carbonyl (C=O) groups is 1. The number of nitriles is 1. The Morgan fingerprint density at radius 2 is 1.89 bits per heavy atom. The van der Waals surface area contributed by atoms with Crippen LogP contribution >= 0.6 is 11.3 Å². The maximum atomic E-state index is 12.6. The molecule has 0 aliphatic rings. The van der Waals surface area contributed by atoms with Crippen LogP contribution in [0.4, 0.5) is 5.69 Å². The van der Waals surface area contributed by atoms with E-state index in [0.29, 0.717) is 11.4 Å². The standard InChI is InChI=1S/C22H14N4OS/c23-13-16(12-17-14-28-22(25-17)20-9-3-4-11-24-20)21(27)26-19-10-5-7-15-6-1-2-8-18(15)19/h1-12,14H,(H,26,27)/b16-12+. The number of nitrogens with zero attached hydrogens (tertiary/aromatic N) is 3. The second-order valence-electron chi connectivity index (χ2n) is 5.94. The summed E-state index contributed by atoms with van der Waals surface area (Å²) < 4.78 is 0. The summed E-state index contributed by atoms with van der Waals surface area (Å²) in [7, 11) is 0. The molecule has 0 saturated carbocycles. The fourth-order valence-corrected chi connectivity index (χ4v) is 3.53. The number of thiazole rings is 1. The van der Waals surface area contributed by atoms with Crippen LogP contribution in [0.2, 0.25) is 0 Å². The van der Waals surface area contributed by atoms with Gasteiger partial charge >= 0.3 is 0 Å². The molecule has 2 heterocycles. The molecular weight excluding hydrogens is 368 g/mol. The average Bonchev–Trinajstić information content (AvgIpc) is 3.21. The lowest BCUT2D eigenvalue weighted by molar-refractivity contribution is -0.112. The first-order chi connectivity index (χ1) is 13.7. The topological polar surface area (TPSA) is 78.7 Å². The van der Waals surface area contributed by atoms with Crippen molar-refractivity contribution >= 4 is 39.8 Å². The largest absolute Gasteiger partial charge is 0.321 e. The molecule has 0 spiro atoms. The Balaban J connectivity index is 1.59. The van der Waals surface area contributed by atoms with Gasteiger partial charge < -0.3 is 5.32 Å². The first-order valence-corrected chi connectivity index (χ1v) is 9.40. The van der Waals surface area contributed by atoms with E-state index in [-0.39, 0.29) is 5.57 Å². The monoisotopic (exact) mass is 382 g/mol. The van der Waals surface area contributed by atoms with Gasteiger partial charge in [-0.15, -0.1) is 11.3 Å². The summed E-state index contributed by atoms with van der Waals surface area (Å²) in [5, 5.41) is 16.8. The van der Waals surface area contributed by atoms with Crippen molar-refractivity contribution in [2.24, 2.45) is 0 Å². The lowest BCUT2D eigenvalue weighted by Gasteiger charge is -2.08. The van der Waals surface area contributed by atoms with Crippen LogP contribution in [0.5, 0.6) is 0 Å². The minimum atomic E-state index is -0.466. The van der Waals surface area contributed by atoms with Crippen molar-refractivity contribution in [3.8, 4) is 16.8 Å². The highest BCUT2D eigenvalue weighted by atomic mass is 32.1.